The zero-order valence-corrected chi connectivity index (χ0v) is 15.2. The van der Waals surface area contributed by atoms with Crippen LogP contribution < -0.4 is 9.64 Å². The first-order chi connectivity index (χ1) is 12.1. The van der Waals surface area contributed by atoms with E-state index in [1.165, 1.54) is 0 Å². The van der Waals surface area contributed by atoms with Crippen LogP contribution in [0.4, 0.5) is 5.82 Å². The lowest BCUT2D eigenvalue weighted by Crippen LogP contribution is -2.42. The molecule has 0 aliphatic carbocycles. The Balaban J connectivity index is 1.68. The van der Waals surface area contributed by atoms with Gasteiger partial charge in [-0.25, -0.2) is 9.97 Å². The molecule has 1 aliphatic heterocycles. The van der Waals surface area contributed by atoms with E-state index in [1.54, 1.807) is 0 Å². The number of ether oxygens (including phenoxy) is 2. The van der Waals surface area contributed by atoms with Gasteiger partial charge < -0.3 is 14.4 Å². The summed E-state index contributed by atoms with van der Waals surface area (Å²) in [6.45, 7) is 5.66. The van der Waals surface area contributed by atoms with Crippen LogP contribution in [0, 0.1) is 6.92 Å². The van der Waals surface area contributed by atoms with E-state index in [4.69, 9.17) is 14.5 Å². The SMILES string of the molecule is Cc1cc(N(C)C)nc([C@@H]2COCCN2CCOc2ccccc2)n1. The molecule has 1 aromatic carbocycles. The maximum Gasteiger partial charge on any atom is 0.150 e. The van der Waals surface area contributed by atoms with Crippen molar-refractivity contribution in [1.82, 2.24) is 14.9 Å². The highest BCUT2D eigenvalue weighted by atomic mass is 16.5. The van der Waals surface area contributed by atoms with Gasteiger partial charge in [-0.2, -0.15) is 0 Å². The monoisotopic (exact) mass is 342 g/mol. The molecule has 0 bridgehead atoms. The first-order valence-electron chi connectivity index (χ1n) is 8.66. The molecule has 3 rings (SSSR count). The van der Waals surface area contributed by atoms with Gasteiger partial charge in [-0.3, -0.25) is 4.90 Å². The average Bonchev–Trinajstić information content (AvgIpc) is 2.62. The fourth-order valence-corrected chi connectivity index (χ4v) is 2.89. The second-order valence-corrected chi connectivity index (χ2v) is 6.41. The third kappa shape index (κ3) is 4.67. The summed E-state index contributed by atoms with van der Waals surface area (Å²) in [5, 5.41) is 0. The number of anilines is 1. The minimum atomic E-state index is 0.0618. The molecular formula is C19H26N4O2. The predicted octanol–water partition coefficient (Wildman–Crippen LogP) is 2.30. The van der Waals surface area contributed by atoms with E-state index in [1.807, 2.05) is 62.3 Å². The molecule has 0 amide bonds. The number of morpholine rings is 1. The average molecular weight is 342 g/mol. The number of hydrogen-bond acceptors (Lipinski definition) is 6. The third-order valence-electron chi connectivity index (χ3n) is 4.24. The fourth-order valence-electron chi connectivity index (χ4n) is 2.89. The van der Waals surface area contributed by atoms with Crippen LogP contribution in [-0.2, 0) is 4.74 Å². The molecule has 0 unspecified atom stereocenters. The number of nitrogens with zero attached hydrogens (tertiary/aromatic N) is 4. The molecule has 6 nitrogen and oxygen atoms in total. The molecule has 25 heavy (non-hydrogen) atoms. The van der Waals surface area contributed by atoms with Gasteiger partial charge in [-0.1, -0.05) is 18.2 Å². The minimum absolute atomic E-state index is 0.0618. The van der Waals surface area contributed by atoms with Crippen LogP contribution in [0.1, 0.15) is 17.6 Å². The van der Waals surface area contributed by atoms with Crippen molar-refractivity contribution in [2.75, 3.05) is 51.9 Å². The van der Waals surface area contributed by atoms with Gasteiger partial charge >= 0.3 is 0 Å². The van der Waals surface area contributed by atoms with Crippen molar-refractivity contribution in [1.29, 1.82) is 0 Å². The molecule has 134 valence electrons. The molecule has 6 heteroatoms. The lowest BCUT2D eigenvalue weighted by atomic mass is 10.2. The van der Waals surface area contributed by atoms with Crippen molar-refractivity contribution in [3.63, 3.8) is 0 Å². The van der Waals surface area contributed by atoms with Crippen molar-refractivity contribution in [3.8, 4) is 5.75 Å². The smallest absolute Gasteiger partial charge is 0.150 e. The summed E-state index contributed by atoms with van der Waals surface area (Å²) >= 11 is 0. The van der Waals surface area contributed by atoms with Crippen LogP contribution in [0.2, 0.25) is 0 Å². The van der Waals surface area contributed by atoms with Crippen LogP contribution in [0.15, 0.2) is 36.4 Å². The summed E-state index contributed by atoms with van der Waals surface area (Å²) in [5.41, 5.74) is 0.972. The van der Waals surface area contributed by atoms with Gasteiger partial charge in [-0.15, -0.1) is 0 Å². The van der Waals surface area contributed by atoms with Gasteiger partial charge in [0.15, 0.2) is 0 Å². The van der Waals surface area contributed by atoms with Gasteiger partial charge in [0.2, 0.25) is 0 Å². The summed E-state index contributed by atoms with van der Waals surface area (Å²) in [7, 11) is 3.99. The van der Waals surface area contributed by atoms with Crippen molar-refractivity contribution < 1.29 is 9.47 Å². The second-order valence-electron chi connectivity index (χ2n) is 6.41. The number of aromatic nitrogens is 2. The molecule has 1 aliphatic rings. The molecule has 1 fully saturated rings. The molecule has 2 aromatic rings. The zero-order chi connectivity index (χ0) is 17.6. The Hall–Kier alpha value is -2.18. The molecule has 0 saturated carbocycles. The molecule has 0 radical (unpaired) electrons. The zero-order valence-electron chi connectivity index (χ0n) is 15.2. The van der Waals surface area contributed by atoms with E-state index in [0.29, 0.717) is 13.2 Å². The van der Waals surface area contributed by atoms with E-state index >= 15 is 0 Å². The van der Waals surface area contributed by atoms with E-state index in [2.05, 4.69) is 9.88 Å². The Kier molecular flexibility index (Phi) is 5.83. The summed E-state index contributed by atoms with van der Waals surface area (Å²) in [6, 6.07) is 12.0. The second kappa shape index (κ2) is 8.27. The highest BCUT2D eigenvalue weighted by molar-refractivity contribution is 5.38. The Bertz CT molecular complexity index is 678. The molecule has 0 N–H and O–H groups in total. The van der Waals surface area contributed by atoms with E-state index in [0.717, 1.165) is 42.8 Å². The van der Waals surface area contributed by atoms with Gasteiger partial charge in [0, 0.05) is 38.9 Å². The fraction of sp³-hybridized carbons (Fsp3) is 0.474. The summed E-state index contributed by atoms with van der Waals surface area (Å²) < 4.78 is 11.5. The van der Waals surface area contributed by atoms with E-state index in [9.17, 15) is 0 Å². The number of aryl methyl sites for hydroxylation is 1. The van der Waals surface area contributed by atoms with Crippen LogP contribution in [0.25, 0.3) is 0 Å². The van der Waals surface area contributed by atoms with Crippen LogP contribution in [-0.4, -0.2) is 61.9 Å². The Morgan fingerprint density at radius 1 is 1.24 bits per heavy atom. The summed E-state index contributed by atoms with van der Waals surface area (Å²) in [4.78, 5) is 13.7. The van der Waals surface area contributed by atoms with Crippen LogP contribution in [0.5, 0.6) is 5.75 Å². The van der Waals surface area contributed by atoms with Crippen LogP contribution >= 0.6 is 0 Å². The van der Waals surface area contributed by atoms with Gasteiger partial charge in [0.1, 0.15) is 24.0 Å². The minimum Gasteiger partial charge on any atom is -0.492 e. The topological polar surface area (TPSA) is 50.7 Å². The normalized spacial score (nSPS) is 18.1. The number of hydrogen-bond donors (Lipinski definition) is 0. The Labute approximate surface area is 149 Å². The maximum atomic E-state index is 5.85. The molecule has 1 saturated heterocycles. The van der Waals surface area contributed by atoms with Crippen LogP contribution in [0.3, 0.4) is 0 Å². The highest BCUT2D eigenvalue weighted by Crippen LogP contribution is 2.23. The van der Waals surface area contributed by atoms with E-state index < -0.39 is 0 Å². The van der Waals surface area contributed by atoms with Gasteiger partial charge in [0.05, 0.1) is 19.3 Å². The number of benzene rings is 1. The largest absolute Gasteiger partial charge is 0.492 e. The maximum absolute atomic E-state index is 5.85. The number of rotatable bonds is 6. The highest BCUT2D eigenvalue weighted by Gasteiger charge is 2.27. The van der Waals surface area contributed by atoms with Gasteiger partial charge in [0.25, 0.3) is 0 Å². The molecule has 1 aromatic heterocycles. The van der Waals surface area contributed by atoms with E-state index in [-0.39, 0.29) is 6.04 Å². The van der Waals surface area contributed by atoms with Crippen molar-refractivity contribution in [2.45, 2.75) is 13.0 Å². The van der Waals surface area contributed by atoms with Gasteiger partial charge in [-0.05, 0) is 19.1 Å². The molecule has 2 heterocycles. The lowest BCUT2D eigenvalue weighted by molar-refractivity contribution is -0.0163. The molecule has 1 atom stereocenters. The van der Waals surface area contributed by atoms with Crippen molar-refractivity contribution >= 4 is 5.82 Å². The Morgan fingerprint density at radius 2 is 2.04 bits per heavy atom. The standard InChI is InChI=1S/C19H26N4O2/c1-15-13-18(22(2)3)21-19(20-15)17-14-24-11-9-23(17)10-12-25-16-7-5-4-6-8-16/h4-8,13,17H,9-12,14H2,1-3H3/t17-/m0/s1. The third-order valence-corrected chi connectivity index (χ3v) is 4.24. The first kappa shape index (κ1) is 17.6. The lowest BCUT2D eigenvalue weighted by Gasteiger charge is -2.34. The number of para-hydroxylation sites is 1. The quantitative estimate of drug-likeness (QED) is 0.803. The predicted molar refractivity (Wildman–Crippen MR) is 98.2 cm³/mol. The Morgan fingerprint density at radius 3 is 2.80 bits per heavy atom. The summed E-state index contributed by atoms with van der Waals surface area (Å²) in [6.07, 6.45) is 0. The summed E-state index contributed by atoms with van der Waals surface area (Å²) in [5.74, 6) is 2.64. The van der Waals surface area contributed by atoms with Crippen molar-refractivity contribution in [2.24, 2.45) is 0 Å². The molecular weight excluding hydrogens is 316 g/mol. The molecule has 0 spiro atoms. The first-order valence-corrected chi connectivity index (χ1v) is 8.66. The van der Waals surface area contributed by atoms with Crippen molar-refractivity contribution in [3.05, 3.63) is 47.9 Å².